The van der Waals surface area contributed by atoms with Crippen LogP contribution in [0.4, 0.5) is 0 Å². The zero-order valence-corrected chi connectivity index (χ0v) is 12.2. The number of hydrogen-bond acceptors (Lipinski definition) is 2. The summed E-state index contributed by atoms with van der Waals surface area (Å²) in [7, 11) is 0. The van der Waals surface area contributed by atoms with Crippen molar-refractivity contribution < 1.29 is 0 Å². The third-order valence-corrected chi connectivity index (χ3v) is 4.44. The van der Waals surface area contributed by atoms with Gasteiger partial charge in [0.2, 0.25) is 0 Å². The predicted molar refractivity (Wildman–Crippen MR) is 76.6 cm³/mol. The molecule has 0 bridgehead atoms. The number of aromatic nitrogens is 2. The lowest BCUT2D eigenvalue weighted by Crippen LogP contribution is -2.22. The van der Waals surface area contributed by atoms with Crippen molar-refractivity contribution in [1.29, 1.82) is 5.26 Å². The van der Waals surface area contributed by atoms with Crippen molar-refractivity contribution in [2.24, 2.45) is 5.41 Å². The highest BCUT2D eigenvalue weighted by Gasteiger charge is 2.20. The van der Waals surface area contributed by atoms with E-state index >= 15 is 0 Å². The van der Waals surface area contributed by atoms with E-state index in [-0.39, 0.29) is 5.41 Å². The van der Waals surface area contributed by atoms with Crippen molar-refractivity contribution in [1.82, 2.24) is 9.55 Å². The lowest BCUT2D eigenvalue weighted by Gasteiger charge is -2.23. The normalized spacial score (nSPS) is 11.7. The van der Waals surface area contributed by atoms with Gasteiger partial charge in [0.15, 0.2) is 0 Å². The third-order valence-electron chi connectivity index (χ3n) is 2.92. The van der Waals surface area contributed by atoms with Crippen LogP contribution >= 0.6 is 15.9 Å². The minimum absolute atomic E-state index is 0.133. The molecule has 0 aliphatic heterocycles. The summed E-state index contributed by atoms with van der Waals surface area (Å²) >= 11 is 3.55. The van der Waals surface area contributed by atoms with Gasteiger partial charge in [-0.25, -0.2) is 4.98 Å². The Bertz CT molecular complexity index is 593. The van der Waals surface area contributed by atoms with Crippen LogP contribution in [0.3, 0.4) is 0 Å². The van der Waals surface area contributed by atoms with Crippen LogP contribution < -0.4 is 0 Å². The standard InChI is InChI=1S/C14H16BrN3/c1-14(2,9-15)10-18-12-6-4-3-5-11(12)17-13(18)7-8-16/h3-6H,7,9-10H2,1-2H3. The molecule has 0 N–H and O–H groups in total. The minimum Gasteiger partial charge on any atom is -0.327 e. The fraction of sp³-hybridized carbons (Fsp3) is 0.429. The second-order valence-electron chi connectivity index (χ2n) is 5.24. The van der Waals surface area contributed by atoms with Crippen LogP contribution in [-0.4, -0.2) is 14.9 Å². The number of nitrogens with zero attached hydrogens (tertiary/aromatic N) is 3. The van der Waals surface area contributed by atoms with E-state index < -0.39 is 0 Å². The van der Waals surface area contributed by atoms with Crippen LogP contribution in [0.1, 0.15) is 19.7 Å². The van der Waals surface area contributed by atoms with Crippen molar-refractivity contribution in [3.8, 4) is 6.07 Å². The molecular weight excluding hydrogens is 290 g/mol. The van der Waals surface area contributed by atoms with Gasteiger partial charge in [0.1, 0.15) is 5.82 Å². The number of fused-ring (bicyclic) bond motifs is 1. The number of hydrogen-bond donors (Lipinski definition) is 0. The summed E-state index contributed by atoms with van der Waals surface area (Å²) in [5.74, 6) is 0.854. The molecule has 0 radical (unpaired) electrons. The zero-order valence-electron chi connectivity index (χ0n) is 10.7. The number of alkyl halides is 1. The van der Waals surface area contributed by atoms with Crippen molar-refractivity contribution in [2.45, 2.75) is 26.8 Å². The van der Waals surface area contributed by atoms with Crippen LogP contribution in [-0.2, 0) is 13.0 Å². The van der Waals surface area contributed by atoms with E-state index in [1.54, 1.807) is 0 Å². The first-order chi connectivity index (χ1) is 8.57. The molecule has 18 heavy (non-hydrogen) atoms. The molecule has 4 heteroatoms. The quantitative estimate of drug-likeness (QED) is 0.811. The number of para-hydroxylation sites is 2. The molecule has 0 unspecified atom stereocenters. The summed E-state index contributed by atoms with van der Waals surface area (Å²) < 4.78 is 2.17. The zero-order chi connectivity index (χ0) is 13.2. The maximum atomic E-state index is 8.91. The Morgan fingerprint density at radius 3 is 2.78 bits per heavy atom. The van der Waals surface area contributed by atoms with Crippen molar-refractivity contribution in [3.63, 3.8) is 0 Å². The van der Waals surface area contributed by atoms with Gasteiger partial charge in [0.25, 0.3) is 0 Å². The van der Waals surface area contributed by atoms with Gasteiger partial charge in [-0.15, -0.1) is 0 Å². The summed E-state index contributed by atoms with van der Waals surface area (Å²) in [5, 5.41) is 9.83. The molecule has 0 saturated carbocycles. The molecule has 1 heterocycles. The second kappa shape index (κ2) is 5.11. The number of benzene rings is 1. The van der Waals surface area contributed by atoms with Crippen molar-refractivity contribution in [3.05, 3.63) is 30.1 Å². The average molecular weight is 306 g/mol. The largest absolute Gasteiger partial charge is 0.327 e. The van der Waals surface area contributed by atoms with Crippen LogP contribution in [0.25, 0.3) is 11.0 Å². The SMILES string of the molecule is CC(C)(CBr)Cn1c(CC#N)nc2ccccc21. The summed E-state index contributed by atoms with van der Waals surface area (Å²) in [6, 6.07) is 10.2. The molecule has 0 amide bonds. The molecule has 2 rings (SSSR count). The van der Waals surface area contributed by atoms with Gasteiger partial charge in [0, 0.05) is 11.9 Å². The van der Waals surface area contributed by atoms with Gasteiger partial charge in [-0.3, -0.25) is 0 Å². The van der Waals surface area contributed by atoms with Crippen molar-refractivity contribution in [2.75, 3.05) is 5.33 Å². The van der Waals surface area contributed by atoms with E-state index in [0.29, 0.717) is 6.42 Å². The van der Waals surface area contributed by atoms with E-state index in [9.17, 15) is 0 Å². The molecule has 1 aromatic carbocycles. The highest BCUT2D eigenvalue weighted by Crippen LogP contribution is 2.25. The second-order valence-corrected chi connectivity index (χ2v) is 5.80. The van der Waals surface area contributed by atoms with E-state index in [2.05, 4.69) is 51.5 Å². The van der Waals surface area contributed by atoms with E-state index in [1.807, 2.05) is 18.2 Å². The first-order valence-corrected chi connectivity index (χ1v) is 7.06. The Balaban J connectivity index is 2.52. The summed E-state index contributed by atoms with van der Waals surface area (Å²) in [6.45, 7) is 5.26. The molecule has 0 saturated heterocycles. The molecule has 0 aliphatic rings. The first kappa shape index (κ1) is 13.1. The van der Waals surface area contributed by atoms with Crippen LogP contribution in [0, 0.1) is 16.7 Å². The van der Waals surface area contributed by atoms with Crippen LogP contribution in [0.2, 0.25) is 0 Å². The average Bonchev–Trinajstić information content (AvgIpc) is 2.68. The molecule has 0 spiro atoms. The molecule has 0 atom stereocenters. The third kappa shape index (κ3) is 2.56. The number of halogens is 1. The molecule has 0 fully saturated rings. The Morgan fingerprint density at radius 1 is 1.39 bits per heavy atom. The van der Waals surface area contributed by atoms with Gasteiger partial charge in [0.05, 0.1) is 23.5 Å². The first-order valence-electron chi connectivity index (χ1n) is 5.94. The fourth-order valence-electron chi connectivity index (χ4n) is 1.98. The van der Waals surface area contributed by atoms with Crippen LogP contribution in [0.5, 0.6) is 0 Å². The van der Waals surface area contributed by atoms with Gasteiger partial charge in [-0.2, -0.15) is 5.26 Å². The highest BCUT2D eigenvalue weighted by atomic mass is 79.9. The lowest BCUT2D eigenvalue weighted by atomic mass is 9.96. The van der Waals surface area contributed by atoms with Gasteiger partial charge < -0.3 is 4.57 Å². The molecule has 0 aliphatic carbocycles. The Morgan fingerprint density at radius 2 is 2.11 bits per heavy atom. The Labute approximate surface area is 116 Å². The maximum absolute atomic E-state index is 8.91. The van der Waals surface area contributed by atoms with E-state index in [4.69, 9.17) is 5.26 Å². The van der Waals surface area contributed by atoms with Gasteiger partial charge >= 0.3 is 0 Å². The number of imidazole rings is 1. The molecule has 94 valence electrons. The fourth-order valence-corrected chi connectivity index (χ4v) is 2.16. The minimum atomic E-state index is 0.133. The smallest absolute Gasteiger partial charge is 0.124 e. The molecular formula is C14H16BrN3. The van der Waals surface area contributed by atoms with E-state index in [1.165, 1.54) is 0 Å². The van der Waals surface area contributed by atoms with Gasteiger partial charge in [-0.05, 0) is 17.5 Å². The summed E-state index contributed by atoms with van der Waals surface area (Å²) in [4.78, 5) is 4.55. The summed E-state index contributed by atoms with van der Waals surface area (Å²) in [5.41, 5.74) is 2.21. The van der Waals surface area contributed by atoms with Crippen LogP contribution in [0.15, 0.2) is 24.3 Å². The van der Waals surface area contributed by atoms with Crippen molar-refractivity contribution >= 4 is 27.0 Å². The lowest BCUT2D eigenvalue weighted by molar-refractivity contribution is 0.355. The predicted octanol–water partition coefficient (Wildman–Crippen LogP) is 3.52. The Hall–Kier alpha value is -1.34. The summed E-state index contributed by atoms with van der Waals surface area (Å²) in [6.07, 6.45) is 0.354. The highest BCUT2D eigenvalue weighted by molar-refractivity contribution is 9.09. The van der Waals surface area contributed by atoms with E-state index in [0.717, 1.165) is 28.7 Å². The maximum Gasteiger partial charge on any atom is 0.124 e. The topological polar surface area (TPSA) is 41.6 Å². The molecule has 2 aromatic rings. The Kier molecular flexibility index (Phi) is 3.72. The molecule has 3 nitrogen and oxygen atoms in total. The number of nitriles is 1. The monoisotopic (exact) mass is 305 g/mol. The van der Waals surface area contributed by atoms with Gasteiger partial charge in [-0.1, -0.05) is 41.9 Å². The number of rotatable bonds is 4. The molecule has 1 aromatic heterocycles.